The summed E-state index contributed by atoms with van der Waals surface area (Å²) in [5.41, 5.74) is 2.83. The maximum Gasteiger partial charge on any atom is 0.231 e. The normalized spacial score (nSPS) is 26.3. The average molecular weight is 456 g/mol. The molecule has 5 rings (SSSR count). The smallest absolute Gasteiger partial charge is 0.231 e. The van der Waals surface area contributed by atoms with Gasteiger partial charge in [-0.3, -0.25) is 4.79 Å². The maximum atomic E-state index is 13.6. The molecule has 1 amide bonds. The minimum atomic E-state index is -0.510. The molecule has 8 heteroatoms. The van der Waals surface area contributed by atoms with Crippen LogP contribution in [0.5, 0.6) is 0 Å². The second-order valence-corrected chi connectivity index (χ2v) is 9.64. The van der Waals surface area contributed by atoms with Gasteiger partial charge in [0.1, 0.15) is 0 Å². The summed E-state index contributed by atoms with van der Waals surface area (Å²) in [5.74, 6) is 0.910. The van der Waals surface area contributed by atoms with E-state index in [0.717, 1.165) is 36.2 Å². The van der Waals surface area contributed by atoms with Gasteiger partial charge in [-0.2, -0.15) is 0 Å². The highest BCUT2D eigenvalue weighted by molar-refractivity contribution is 6.30. The summed E-state index contributed by atoms with van der Waals surface area (Å²) in [5, 5.41) is 14.5. The SMILES string of the molecule is C[C@@H]1C[C@@H](O)c2nc(N3CCN(C(=O)[C@@H](c4ccc(Cl)cc4)[C@@H]4CCCN4)CC3)ncc21. The van der Waals surface area contributed by atoms with E-state index in [2.05, 4.69) is 27.1 Å². The number of piperazine rings is 1. The van der Waals surface area contributed by atoms with Gasteiger partial charge in [-0.1, -0.05) is 30.7 Å². The molecule has 0 radical (unpaired) electrons. The fraction of sp³-hybridized carbons (Fsp3) is 0.542. The highest BCUT2D eigenvalue weighted by atomic mass is 35.5. The van der Waals surface area contributed by atoms with Crippen LogP contribution in [0.4, 0.5) is 5.95 Å². The number of rotatable bonds is 4. The van der Waals surface area contributed by atoms with Crippen LogP contribution in [0.25, 0.3) is 0 Å². The van der Waals surface area contributed by atoms with Crippen molar-refractivity contribution in [2.24, 2.45) is 0 Å². The molecule has 2 N–H and O–H groups in total. The average Bonchev–Trinajstić information content (AvgIpc) is 3.43. The second kappa shape index (κ2) is 8.96. The molecule has 1 aliphatic carbocycles. The number of anilines is 1. The second-order valence-electron chi connectivity index (χ2n) is 9.21. The summed E-state index contributed by atoms with van der Waals surface area (Å²) in [6, 6.07) is 7.84. The molecule has 3 heterocycles. The first-order chi connectivity index (χ1) is 15.5. The zero-order valence-corrected chi connectivity index (χ0v) is 19.1. The van der Waals surface area contributed by atoms with Gasteiger partial charge in [0.05, 0.1) is 17.7 Å². The highest BCUT2D eigenvalue weighted by Gasteiger charge is 2.36. The quantitative estimate of drug-likeness (QED) is 0.737. The van der Waals surface area contributed by atoms with Crippen molar-refractivity contribution in [3.8, 4) is 0 Å². The highest BCUT2D eigenvalue weighted by Crippen LogP contribution is 2.39. The first-order valence-electron chi connectivity index (χ1n) is 11.6. The van der Waals surface area contributed by atoms with Crippen molar-refractivity contribution in [3.05, 3.63) is 52.3 Å². The van der Waals surface area contributed by atoms with Crippen LogP contribution in [0, 0.1) is 0 Å². The number of hydrogen-bond acceptors (Lipinski definition) is 6. The van der Waals surface area contributed by atoms with Crippen molar-refractivity contribution < 1.29 is 9.90 Å². The summed E-state index contributed by atoms with van der Waals surface area (Å²) in [6.45, 7) is 5.68. The van der Waals surface area contributed by atoms with E-state index in [1.807, 2.05) is 35.4 Å². The lowest BCUT2D eigenvalue weighted by Gasteiger charge is -2.37. The summed E-state index contributed by atoms with van der Waals surface area (Å²) in [6.07, 6.45) is 4.15. The van der Waals surface area contributed by atoms with Crippen LogP contribution in [0.15, 0.2) is 30.5 Å². The number of nitrogens with zero attached hydrogens (tertiary/aromatic N) is 4. The Balaban J connectivity index is 1.29. The molecule has 170 valence electrons. The van der Waals surface area contributed by atoms with Crippen molar-refractivity contribution in [2.45, 2.75) is 50.2 Å². The Hall–Kier alpha value is -2.22. The molecular weight excluding hydrogens is 426 g/mol. The Kier molecular flexibility index (Phi) is 6.05. The van der Waals surface area contributed by atoms with E-state index in [0.29, 0.717) is 43.6 Å². The number of aliphatic hydroxyl groups excluding tert-OH is 1. The number of halogens is 1. The molecule has 2 aliphatic heterocycles. The molecule has 1 aromatic carbocycles. The Morgan fingerprint density at radius 1 is 1.22 bits per heavy atom. The van der Waals surface area contributed by atoms with Crippen molar-refractivity contribution in [3.63, 3.8) is 0 Å². The van der Waals surface area contributed by atoms with Crippen molar-refractivity contribution >= 4 is 23.5 Å². The molecule has 4 atom stereocenters. The Bertz CT molecular complexity index is 971. The van der Waals surface area contributed by atoms with Gasteiger partial charge in [-0.25, -0.2) is 9.97 Å². The van der Waals surface area contributed by atoms with E-state index >= 15 is 0 Å². The zero-order valence-electron chi connectivity index (χ0n) is 18.4. The molecule has 0 unspecified atom stereocenters. The van der Waals surface area contributed by atoms with E-state index in [-0.39, 0.29) is 23.8 Å². The molecule has 2 aromatic rings. The molecular formula is C24H30ClN5O2. The number of amides is 1. The Morgan fingerprint density at radius 2 is 1.97 bits per heavy atom. The standard InChI is InChI=1S/C24H30ClN5O2/c1-15-13-20(31)22-18(15)14-27-24(28-22)30-11-9-29(10-12-30)23(32)21(19-3-2-8-26-19)16-4-6-17(25)7-5-16/h4-7,14-15,19-21,26,31H,2-3,8-13H2,1H3/t15-,19+,20-,21+/m1/s1. The fourth-order valence-electron chi connectivity index (χ4n) is 5.30. The van der Waals surface area contributed by atoms with Crippen LogP contribution in [-0.2, 0) is 4.79 Å². The first kappa shape index (κ1) is 21.6. The molecule has 0 saturated carbocycles. The number of aromatic nitrogens is 2. The lowest BCUT2D eigenvalue weighted by atomic mass is 9.89. The first-order valence-corrected chi connectivity index (χ1v) is 12.0. The molecule has 0 spiro atoms. The van der Waals surface area contributed by atoms with Crippen LogP contribution in [0.2, 0.25) is 5.02 Å². The number of fused-ring (bicyclic) bond motifs is 1. The largest absolute Gasteiger partial charge is 0.387 e. The van der Waals surface area contributed by atoms with Gasteiger partial charge in [-0.15, -0.1) is 0 Å². The van der Waals surface area contributed by atoms with E-state index in [9.17, 15) is 9.90 Å². The van der Waals surface area contributed by atoms with Gasteiger partial charge in [0, 0.05) is 43.4 Å². The number of carbonyl (C=O) groups is 1. The van der Waals surface area contributed by atoms with Gasteiger partial charge in [0.25, 0.3) is 0 Å². The predicted molar refractivity (Wildman–Crippen MR) is 124 cm³/mol. The molecule has 7 nitrogen and oxygen atoms in total. The number of aliphatic hydroxyl groups is 1. The fourth-order valence-corrected chi connectivity index (χ4v) is 5.43. The monoisotopic (exact) mass is 455 g/mol. The van der Waals surface area contributed by atoms with E-state index in [4.69, 9.17) is 11.6 Å². The van der Waals surface area contributed by atoms with Crippen LogP contribution < -0.4 is 10.2 Å². The third-order valence-corrected chi connectivity index (χ3v) is 7.38. The number of nitrogens with one attached hydrogen (secondary N) is 1. The predicted octanol–water partition coefficient (Wildman–Crippen LogP) is 2.86. The summed E-state index contributed by atoms with van der Waals surface area (Å²) >= 11 is 6.09. The lowest BCUT2D eigenvalue weighted by Crippen LogP contribution is -2.52. The third-order valence-electron chi connectivity index (χ3n) is 7.13. The molecule has 32 heavy (non-hydrogen) atoms. The minimum Gasteiger partial charge on any atom is -0.387 e. The van der Waals surface area contributed by atoms with Gasteiger partial charge in [0.15, 0.2) is 0 Å². The molecule has 2 saturated heterocycles. The summed E-state index contributed by atoms with van der Waals surface area (Å²) in [4.78, 5) is 26.9. The van der Waals surface area contributed by atoms with Gasteiger partial charge < -0.3 is 20.2 Å². The number of hydrogen-bond donors (Lipinski definition) is 2. The summed E-state index contributed by atoms with van der Waals surface area (Å²) in [7, 11) is 0. The zero-order chi connectivity index (χ0) is 22.2. The minimum absolute atomic E-state index is 0.158. The van der Waals surface area contributed by atoms with Crippen molar-refractivity contribution in [1.82, 2.24) is 20.2 Å². The number of benzene rings is 1. The van der Waals surface area contributed by atoms with E-state index in [1.165, 1.54) is 0 Å². The molecule has 0 bridgehead atoms. The van der Waals surface area contributed by atoms with Crippen molar-refractivity contribution in [2.75, 3.05) is 37.6 Å². The summed E-state index contributed by atoms with van der Waals surface area (Å²) < 4.78 is 0. The van der Waals surface area contributed by atoms with Gasteiger partial charge in [-0.05, 0) is 55.0 Å². The van der Waals surface area contributed by atoms with Crippen molar-refractivity contribution in [1.29, 1.82) is 0 Å². The van der Waals surface area contributed by atoms with Crippen LogP contribution in [-0.4, -0.2) is 64.6 Å². The molecule has 3 aliphatic rings. The van der Waals surface area contributed by atoms with Crippen LogP contribution >= 0.6 is 11.6 Å². The van der Waals surface area contributed by atoms with E-state index in [1.54, 1.807) is 0 Å². The topological polar surface area (TPSA) is 81.6 Å². The third kappa shape index (κ3) is 4.09. The molecule has 2 fully saturated rings. The van der Waals surface area contributed by atoms with Crippen LogP contribution in [0.3, 0.4) is 0 Å². The van der Waals surface area contributed by atoms with Gasteiger partial charge in [0.2, 0.25) is 11.9 Å². The maximum absolute atomic E-state index is 13.6. The Labute approximate surface area is 193 Å². The number of carbonyl (C=O) groups excluding carboxylic acids is 1. The lowest BCUT2D eigenvalue weighted by molar-refractivity contribution is -0.133. The van der Waals surface area contributed by atoms with Crippen LogP contribution in [0.1, 0.15) is 60.9 Å². The van der Waals surface area contributed by atoms with Gasteiger partial charge >= 0.3 is 0 Å². The van der Waals surface area contributed by atoms with E-state index < -0.39 is 6.10 Å². The molecule has 1 aromatic heterocycles. The Morgan fingerprint density at radius 3 is 2.66 bits per heavy atom.